The summed E-state index contributed by atoms with van der Waals surface area (Å²) < 4.78 is 54.0. The van der Waals surface area contributed by atoms with Gasteiger partial charge in [0.2, 0.25) is 10.0 Å². The summed E-state index contributed by atoms with van der Waals surface area (Å²) in [5.41, 5.74) is 1.20. The molecule has 0 aliphatic rings. The standard InChI is InChI=1S/C21H12Cl3F2N3O3S/c1-33(31,32)28-21(30)12-8-15(23)19(9-16(12)25)29-18-5-3-10(6-13(18)20(24)27-29)11-2-4-14(22)17(26)7-11/h2-9H,1H3,(H,28,30). The molecular formula is C21H12Cl3F2N3O3S. The molecule has 4 aromatic rings. The van der Waals surface area contributed by atoms with Crippen molar-refractivity contribution >= 4 is 61.6 Å². The molecule has 6 nitrogen and oxygen atoms in total. The molecule has 0 fully saturated rings. The topological polar surface area (TPSA) is 81.1 Å². The fourth-order valence-electron chi connectivity index (χ4n) is 3.22. The van der Waals surface area contributed by atoms with Gasteiger partial charge in [0.05, 0.1) is 33.1 Å². The molecule has 0 saturated heterocycles. The summed E-state index contributed by atoms with van der Waals surface area (Å²) in [4.78, 5) is 12.0. The summed E-state index contributed by atoms with van der Waals surface area (Å²) in [5, 5.41) is 4.69. The van der Waals surface area contributed by atoms with Gasteiger partial charge in [0.15, 0.2) is 5.15 Å². The first-order chi connectivity index (χ1) is 15.4. The summed E-state index contributed by atoms with van der Waals surface area (Å²) >= 11 is 18.3. The lowest BCUT2D eigenvalue weighted by Crippen LogP contribution is -2.30. The van der Waals surface area contributed by atoms with E-state index in [0.717, 1.165) is 18.4 Å². The Balaban J connectivity index is 1.80. The number of carbonyl (C=O) groups excluding carboxylic acids is 1. The highest BCUT2D eigenvalue weighted by molar-refractivity contribution is 7.89. The molecule has 0 spiro atoms. The summed E-state index contributed by atoms with van der Waals surface area (Å²) in [6, 6.07) is 11.3. The van der Waals surface area contributed by atoms with Crippen LogP contribution in [0.25, 0.3) is 27.7 Å². The fraction of sp³-hybridized carbons (Fsp3) is 0.0476. The average molecular weight is 531 g/mol. The molecule has 170 valence electrons. The van der Waals surface area contributed by atoms with Crippen LogP contribution in [-0.4, -0.2) is 30.4 Å². The van der Waals surface area contributed by atoms with Crippen LogP contribution in [0.5, 0.6) is 0 Å². The molecule has 12 heteroatoms. The molecule has 4 rings (SSSR count). The van der Waals surface area contributed by atoms with Crippen LogP contribution in [0, 0.1) is 11.6 Å². The van der Waals surface area contributed by atoms with Gasteiger partial charge in [-0.1, -0.05) is 46.9 Å². The van der Waals surface area contributed by atoms with E-state index in [2.05, 4.69) is 5.10 Å². The Morgan fingerprint density at radius 3 is 2.27 bits per heavy atom. The second-order valence-corrected chi connectivity index (χ2v) is 9.97. The molecule has 1 heterocycles. The molecule has 33 heavy (non-hydrogen) atoms. The lowest BCUT2D eigenvalue weighted by Gasteiger charge is -2.10. The van der Waals surface area contributed by atoms with Crippen molar-refractivity contribution in [3.63, 3.8) is 0 Å². The largest absolute Gasteiger partial charge is 0.268 e. The second kappa shape index (κ2) is 8.57. The highest BCUT2D eigenvalue weighted by Gasteiger charge is 2.21. The Morgan fingerprint density at radius 1 is 0.939 bits per heavy atom. The molecule has 1 aromatic heterocycles. The summed E-state index contributed by atoms with van der Waals surface area (Å²) in [5.74, 6) is -2.74. The van der Waals surface area contributed by atoms with Gasteiger partial charge in [-0.25, -0.2) is 26.6 Å². The van der Waals surface area contributed by atoms with E-state index in [9.17, 15) is 22.0 Å². The third-order valence-electron chi connectivity index (χ3n) is 4.68. The van der Waals surface area contributed by atoms with Crippen molar-refractivity contribution in [3.05, 3.63) is 80.9 Å². The zero-order valence-corrected chi connectivity index (χ0v) is 19.6. The van der Waals surface area contributed by atoms with Crippen molar-refractivity contribution in [3.8, 4) is 16.8 Å². The van der Waals surface area contributed by atoms with E-state index in [1.807, 2.05) is 0 Å². The Hall–Kier alpha value is -2.72. The van der Waals surface area contributed by atoms with E-state index >= 15 is 0 Å². The Labute approximate surface area is 201 Å². The molecule has 0 saturated carbocycles. The van der Waals surface area contributed by atoms with Crippen LogP contribution >= 0.6 is 34.8 Å². The number of halogens is 5. The van der Waals surface area contributed by atoms with Crippen molar-refractivity contribution in [2.75, 3.05) is 6.26 Å². The first-order valence-electron chi connectivity index (χ1n) is 9.10. The molecule has 1 amide bonds. The van der Waals surface area contributed by atoms with Crippen LogP contribution in [0.3, 0.4) is 0 Å². The van der Waals surface area contributed by atoms with Crippen molar-refractivity contribution in [1.29, 1.82) is 0 Å². The van der Waals surface area contributed by atoms with Crippen molar-refractivity contribution < 1.29 is 22.0 Å². The van der Waals surface area contributed by atoms with E-state index in [-0.39, 0.29) is 20.9 Å². The van der Waals surface area contributed by atoms with Gasteiger partial charge in [0.1, 0.15) is 11.6 Å². The molecule has 0 bridgehead atoms. The minimum atomic E-state index is -3.90. The normalized spacial score (nSPS) is 11.7. The quantitative estimate of drug-likeness (QED) is 0.371. The second-order valence-electron chi connectivity index (χ2n) is 7.05. The number of fused-ring (bicyclic) bond motifs is 1. The predicted octanol–water partition coefficient (Wildman–Crippen LogP) is 5.62. The lowest BCUT2D eigenvalue weighted by molar-refractivity contribution is 0.0978. The number of nitrogens with one attached hydrogen (secondary N) is 1. The van der Waals surface area contributed by atoms with Crippen LogP contribution in [0.4, 0.5) is 8.78 Å². The molecular weight excluding hydrogens is 519 g/mol. The average Bonchev–Trinajstić information content (AvgIpc) is 3.06. The highest BCUT2D eigenvalue weighted by Crippen LogP contribution is 2.34. The van der Waals surface area contributed by atoms with Crippen LogP contribution < -0.4 is 4.72 Å². The third kappa shape index (κ3) is 4.67. The lowest BCUT2D eigenvalue weighted by atomic mass is 10.0. The van der Waals surface area contributed by atoms with Gasteiger partial charge >= 0.3 is 0 Å². The number of nitrogens with zero attached hydrogens (tertiary/aromatic N) is 2. The molecule has 0 unspecified atom stereocenters. The van der Waals surface area contributed by atoms with E-state index in [1.54, 1.807) is 29.0 Å². The predicted molar refractivity (Wildman–Crippen MR) is 124 cm³/mol. The Morgan fingerprint density at radius 2 is 1.61 bits per heavy atom. The van der Waals surface area contributed by atoms with Crippen molar-refractivity contribution in [2.45, 2.75) is 0 Å². The van der Waals surface area contributed by atoms with Crippen molar-refractivity contribution in [1.82, 2.24) is 14.5 Å². The summed E-state index contributed by atoms with van der Waals surface area (Å²) in [6.07, 6.45) is 0.767. The molecule has 0 atom stereocenters. The van der Waals surface area contributed by atoms with Crippen LogP contribution in [0.15, 0.2) is 48.5 Å². The minimum absolute atomic E-state index is 0.00369. The van der Waals surface area contributed by atoms with Crippen LogP contribution in [0.1, 0.15) is 10.4 Å². The van der Waals surface area contributed by atoms with Crippen LogP contribution in [-0.2, 0) is 10.0 Å². The Kier molecular flexibility index (Phi) is 6.09. The number of sulfonamides is 1. The molecule has 0 aliphatic heterocycles. The van der Waals surface area contributed by atoms with Gasteiger partial charge in [-0.2, -0.15) is 5.10 Å². The maximum atomic E-state index is 14.7. The number of amides is 1. The number of benzene rings is 3. The summed E-state index contributed by atoms with van der Waals surface area (Å²) in [6.45, 7) is 0. The number of hydrogen-bond acceptors (Lipinski definition) is 4. The van der Waals surface area contributed by atoms with Gasteiger partial charge in [-0.05, 0) is 41.5 Å². The minimum Gasteiger partial charge on any atom is -0.268 e. The summed E-state index contributed by atoms with van der Waals surface area (Å²) in [7, 11) is -3.90. The SMILES string of the molecule is CS(=O)(=O)NC(=O)c1cc(Cl)c(-n2nc(Cl)c3cc(-c4ccc(Cl)c(F)c4)ccc32)cc1F. The number of hydrogen-bond donors (Lipinski definition) is 1. The first-order valence-corrected chi connectivity index (χ1v) is 12.1. The monoisotopic (exact) mass is 529 g/mol. The zero-order valence-electron chi connectivity index (χ0n) is 16.5. The van der Waals surface area contributed by atoms with Gasteiger partial charge in [0, 0.05) is 11.5 Å². The van der Waals surface area contributed by atoms with Crippen LogP contribution in [0.2, 0.25) is 15.2 Å². The molecule has 0 aliphatic carbocycles. The molecule has 0 radical (unpaired) electrons. The Bertz CT molecular complexity index is 1560. The van der Waals surface area contributed by atoms with Gasteiger partial charge in [-0.3, -0.25) is 4.79 Å². The van der Waals surface area contributed by atoms with Gasteiger partial charge in [-0.15, -0.1) is 0 Å². The smallest absolute Gasteiger partial charge is 0.267 e. The van der Waals surface area contributed by atoms with E-state index < -0.39 is 33.1 Å². The van der Waals surface area contributed by atoms with E-state index in [1.165, 1.54) is 16.8 Å². The first kappa shape index (κ1) is 23.4. The van der Waals surface area contributed by atoms with E-state index in [4.69, 9.17) is 34.8 Å². The maximum absolute atomic E-state index is 14.7. The van der Waals surface area contributed by atoms with Gasteiger partial charge < -0.3 is 0 Å². The van der Waals surface area contributed by atoms with E-state index in [0.29, 0.717) is 22.0 Å². The number of carbonyl (C=O) groups is 1. The van der Waals surface area contributed by atoms with Gasteiger partial charge in [0.25, 0.3) is 5.91 Å². The fourth-order valence-corrected chi connectivity index (χ4v) is 4.25. The maximum Gasteiger partial charge on any atom is 0.267 e. The third-order valence-corrected chi connectivity index (χ3v) is 6.12. The van der Waals surface area contributed by atoms with Crippen molar-refractivity contribution in [2.24, 2.45) is 0 Å². The number of rotatable bonds is 4. The zero-order chi connectivity index (χ0) is 24.1. The highest BCUT2D eigenvalue weighted by atomic mass is 35.5. The molecule has 1 N–H and O–H groups in total. The number of aromatic nitrogens is 2. The molecule has 3 aromatic carbocycles.